The second-order valence-electron chi connectivity index (χ2n) is 6.00. The third-order valence-electron chi connectivity index (χ3n) is 3.16. The van der Waals surface area contributed by atoms with Gasteiger partial charge in [-0.3, -0.25) is 0 Å². The van der Waals surface area contributed by atoms with Gasteiger partial charge in [-0.2, -0.15) is 0 Å². The first kappa shape index (κ1) is 14.3. The molecule has 0 aliphatic heterocycles. The van der Waals surface area contributed by atoms with Crippen molar-refractivity contribution in [3.63, 3.8) is 0 Å². The molecule has 20 heavy (non-hydrogen) atoms. The highest BCUT2D eigenvalue weighted by Crippen LogP contribution is 2.24. The summed E-state index contributed by atoms with van der Waals surface area (Å²) in [5, 5.41) is 3.35. The average Bonchev–Trinajstić information content (AvgIpc) is 2.40. The molecule has 1 aromatic heterocycles. The zero-order chi connectivity index (χ0) is 14.8. The van der Waals surface area contributed by atoms with Crippen molar-refractivity contribution < 1.29 is 0 Å². The Kier molecular flexibility index (Phi) is 3.93. The molecule has 0 bridgehead atoms. The summed E-state index contributed by atoms with van der Waals surface area (Å²) in [7, 11) is 0. The van der Waals surface area contributed by atoms with Crippen molar-refractivity contribution in [2.75, 3.05) is 11.1 Å². The average molecular weight is 270 g/mol. The molecule has 0 spiro atoms. The molecule has 0 saturated heterocycles. The zero-order valence-electron chi connectivity index (χ0n) is 12.6. The van der Waals surface area contributed by atoms with E-state index in [1.165, 1.54) is 5.56 Å². The van der Waals surface area contributed by atoms with Crippen molar-refractivity contribution in [2.45, 2.75) is 39.7 Å². The molecule has 0 aliphatic rings. The highest BCUT2D eigenvalue weighted by atomic mass is 15.1. The van der Waals surface area contributed by atoms with E-state index < -0.39 is 0 Å². The van der Waals surface area contributed by atoms with Crippen molar-refractivity contribution >= 4 is 11.6 Å². The van der Waals surface area contributed by atoms with E-state index in [2.05, 4.69) is 48.2 Å². The van der Waals surface area contributed by atoms with Gasteiger partial charge >= 0.3 is 0 Å². The molecule has 0 fully saturated rings. The molecule has 0 unspecified atom stereocenters. The summed E-state index contributed by atoms with van der Waals surface area (Å²) in [6.45, 7) is 8.91. The van der Waals surface area contributed by atoms with Gasteiger partial charge in [0.25, 0.3) is 0 Å². The maximum absolute atomic E-state index is 6.00. The number of nitrogens with zero attached hydrogens (tertiary/aromatic N) is 2. The Labute approximate surface area is 120 Å². The van der Waals surface area contributed by atoms with Gasteiger partial charge in [0, 0.05) is 17.5 Å². The first-order chi connectivity index (χ1) is 9.38. The van der Waals surface area contributed by atoms with Crippen LogP contribution in [0.5, 0.6) is 0 Å². The lowest BCUT2D eigenvalue weighted by Crippen LogP contribution is -2.19. The van der Waals surface area contributed by atoms with Gasteiger partial charge in [-0.25, -0.2) is 9.97 Å². The summed E-state index contributed by atoms with van der Waals surface area (Å²) in [5.74, 6) is 2.11. The SMILES string of the molecule is Cc1c(N)nc(C(C)(C)C)nc1NCc1ccccc1. The van der Waals surface area contributed by atoms with Crippen LogP contribution in [0.25, 0.3) is 0 Å². The number of benzene rings is 1. The Morgan fingerprint density at radius 3 is 2.35 bits per heavy atom. The number of anilines is 2. The first-order valence-corrected chi connectivity index (χ1v) is 6.80. The van der Waals surface area contributed by atoms with Crippen LogP contribution >= 0.6 is 0 Å². The number of nitrogen functional groups attached to an aromatic ring is 1. The van der Waals surface area contributed by atoms with Gasteiger partial charge in [0.05, 0.1) is 0 Å². The predicted molar refractivity (Wildman–Crippen MR) is 83.7 cm³/mol. The molecule has 3 N–H and O–H groups in total. The van der Waals surface area contributed by atoms with Crippen LogP contribution in [0.15, 0.2) is 30.3 Å². The summed E-state index contributed by atoms with van der Waals surface area (Å²) in [4.78, 5) is 9.00. The molecule has 1 heterocycles. The largest absolute Gasteiger partial charge is 0.383 e. The second-order valence-corrected chi connectivity index (χ2v) is 6.00. The third-order valence-corrected chi connectivity index (χ3v) is 3.16. The van der Waals surface area contributed by atoms with Crippen molar-refractivity contribution in [3.05, 3.63) is 47.3 Å². The lowest BCUT2D eigenvalue weighted by atomic mass is 9.95. The molecule has 106 valence electrons. The molecule has 4 nitrogen and oxygen atoms in total. The lowest BCUT2D eigenvalue weighted by Gasteiger charge is -2.19. The molecule has 4 heteroatoms. The maximum Gasteiger partial charge on any atom is 0.138 e. The molecule has 0 atom stereocenters. The number of nitrogens with one attached hydrogen (secondary N) is 1. The van der Waals surface area contributed by atoms with Gasteiger partial charge in [-0.1, -0.05) is 51.1 Å². The van der Waals surface area contributed by atoms with Crippen LogP contribution in [0.2, 0.25) is 0 Å². The maximum atomic E-state index is 6.00. The topological polar surface area (TPSA) is 63.8 Å². The van der Waals surface area contributed by atoms with Crippen LogP contribution < -0.4 is 11.1 Å². The standard InChI is InChI=1S/C16H22N4/c1-11-13(17)19-15(16(2,3)4)20-14(11)18-10-12-8-6-5-7-9-12/h5-9H,10H2,1-4H3,(H3,17,18,19,20). The van der Waals surface area contributed by atoms with E-state index in [0.717, 1.165) is 23.8 Å². The van der Waals surface area contributed by atoms with Crippen LogP contribution in [0, 0.1) is 6.92 Å². The molecule has 0 aliphatic carbocycles. The molecular weight excluding hydrogens is 248 g/mol. The van der Waals surface area contributed by atoms with Crippen LogP contribution in [0.1, 0.15) is 37.7 Å². The predicted octanol–water partition coefficient (Wildman–Crippen LogP) is 3.28. The Bertz CT molecular complexity index is 585. The van der Waals surface area contributed by atoms with Crippen LogP contribution in [0.4, 0.5) is 11.6 Å². The molecule has 2 rings (SSSR count). The van der Waals surface area contributed by atoms with Gasteiger partial charge in [0.1, 0.15) is 17.5 Å². The fourth-order valence-corrected chi connectivity index (χ4v) is 1.82. The molecule has 0 radical (unpaired) electrons. The van der Waals surface area contributed by atoms with E-state index in [1.807, 2.05) is 25.1 Å². The number of nitrogens with two attached hydrogens (primary N) is 1. The Balaban J connectivity index is 2.25. The highest BCUT2D eigenvalue weighted by molar-refractivity contribution is 5.55. The number of hydrogen-bond donors (Lipinski definition) is 2. The summed E-state index contributed by atoms with van der Waals surface area (Å²) in [6.07, 6.45) is 0. The van der Waals surface area contributed by atoms with Crippen molar-refractivity contribution in [3.8, 4) is 0 Å². The molecule has 0 saturated carbocycles. The van der Waals surface area contributed by atoms with E-state index in [1.54, 1.807) is 0 Å². The smallest absolute Gasteiger partial charge is 0.138 e. The Hall–Kier alpha value is -2.10. The fraction of sp³-hybridized carbons (Fsp3) is 0.375. The highest BCUT2D eigenvalue weighted by Gasteiger charge is 2.20. The van der Waals surface area contributed by atoms with Gasteiger partial charge in [-0.15, -0.1) is 0 Å². The monoisotopic (exact) mass is 270 g/mol. The van der Waals surface area contributed by atoms with Crippen LogP contribution in [-0.4, -0.2) is 9.97 Å². The quantitative estimate of drug-likeness (QED) is 0.898. The first-order valence-electron chi connectivity index (χ1n) is 6.80. The van der Waals surface area contributed by atoms with Crippen molar-refractivity contribution in [1.82, 2.24) is 9.97 Å². The summed E-state index contributed by atoms with van der Waals surface area (Å²) in [6, 6.07) is 10.2. The molecule has 0 amide bonds. The lowest BCUT2D eigenvalue weighted by molar-refractivity contribution is 0.546. The summed E-state index contributed by atoms with van der Waals surface area (Å²) >= 11 is 0. The summed E-state index contributed by atoms with van der Waals surface area (Å²) in [5.41, 5.74) is 7.98. The van der Waals surface area contributed by atoms with E-state index in [-0.39, 0.29) is 5.41 Å². The number of aromatic nitrogens is 2. The van der Waals surface area contributed by atoms with E-state index in [9.17, 15) is 0 Å². The molecule has 1 aromatic carbocycles. The molecular formula is C16H22N4. The van der Waals surface area contributed by atoms with Crippen LogP contribution in [-0.2, 0) is 12.0 Å². The fourth-order valence-electron chi connectivity index (χ4n) is 1.82. The van der Waals surface area contributed by atoms with E-state index in [4.69, 9.17) is 5.73 Å². The Morgan fingerprint density at radius 1 is 1.10 bits per heavy atom. The van der Waals surface area contributed by atoms with Gasteiger partial charge in [0.15, 0.2) is 0 Å². The molecule has 2 aromatic rings. The zero-order valence-corrected chi connectivity index (χ0v) is 12.6. The van der Waals surface area contributed by atoms with Gasteiger partial charge in [-0.05, 0) is 12.5 Å². The van der Waals surface area contributed by atoms with Gasteiger partial charge in [0.2, 0.25) is 0 Å². The van der Waals surface area contributed by atoms with Crippen molar-refractivity contribution in [1.29, 1.82) is 0 Å². The van der Waals surface area contributed by atoms with E-state index >= 15 is 0 Å². The number of rotatable bonds is 3. The van der Waals surface area contributed by atoms with Gasteiger partial charge < -0.3 is 11.1 Å². The minimum Gasteiger partial charge on any atom is -0.383 e. The van der Waals surface area contributed by atoms with Crippen LogP contribution in [0.3, 0.4) is 0 Å². The van der Waals surface area contributed by atoms with E-state index in [0.29, 0.717) is 5.82 Å². The number of hydrogen-bond acceptors (Lipinski definition) is 4. The summed E-state index contributed by atoms with van der Waals surface area (Å²) < 4.78 is 0. The van der Waals surface area contributed by atoms with Crippen molar-refractivity contribution in [2.24, 2.45) is 0 Å². The normalized spacial score (nSPS) is 11.4. The minimum atomic E-state index is -0.120. The minimum absolute atomic E-state index is 0.120. The third kappa shape index (κ3) is 3.26. The Morgan fingerprint density at radius 2 is 1.75 bits per heavy atom. The second kappa shape index (κ2) is 5.49.